The zero-order chi connectivity index (χ0) is 17.3. The van der Waals surface area contributed by atoms with E-state index in [2.05, 4.69) is 0 Å². The van der Waals surface area contributed by atoms with Crippen LogP contribution in [0.3, 0.4) is 0 Å². The second-order valence-electron chi connectivity index (χ2n) is 5.29. The van der Waals surface area contributed by atoms with Gasteiger partial charge in [-0.1, -0.05) is 0 Å². The number of furan rings is 1. The number of imide groups is 1. The molecule has 0 radical (unpaired) electrons. The number of nitro groups is 1. The van der Waals surface area contributed by atoms with Crippen LogP contribution in [0.4, 0.5) is 10.7 Å². The third-order valence-corrected chi connectivity index (χ3v) is 4.60. The number of thioether (sulfide) groups is 1. The van der Waals surface area contributed by atoms with E-state index in [0.717, 1.165) is 23.8 Å². The Morgan fingerprint density at radius 3 is 2.67 bits per heavy atom. The van der Waals surface area contributed by atoms with Crippen molar-refractivity contribution in [3.05, 3.63) is 32.9 Å². The molecular formula is C14H13N3O6S. The van der Waals surface area contributed by atoms with E-state index >= 15 is 0 Å². The first-order valence-corrected chi connectivity index (χ1v) is 8.05. The monoisotopic (exact) mass is 351 g/mol. The van der Waals surface area contributed by atoms with Crippen molar-refractivity contribution in [1.82, 2.24) is 9.80 Å². The van der Waals surface area contributed by atoms with Crippen molar-refractivity contribution < 1.29 is 23.7 Å². The SMILES string of the molecule is O=C(CN1C(=O)S/C(=C\c2ccc([N+](=O)[O-])o2)C1=O)N1CCCC1. The van der Waals surface area contributed by atoms with Gasteiger partial charge in [0, 0.05) is 19.2 Å². The molecule has 3 heterocycles. The fourth-order valence-corrected chi connectivity index (χ4v) is 3.30. The summed E-state index contributed by atoms with van der Waals surface area (Å²) < 4.78 is 4.94. The van der Waals surface area contributed by atoms with Crippen molar-refractivity contribution in [3.8, 4) is 0 Å². The minimum absolute atomic E-state index is 0.0680. The summed E-state index contributed by atoms with van der Waals surface area (Å²) in [5.74, 6) is -1.22. The fourth-order valence-electron chi connectivity index (χ4n) is 2.49. The Balaban J connectivity index is 1.71. The maximum absolute atomic E-state index is 12.3. The molecule has 1 aromatic heterocycles. The molecule has 1 aromatic rings. The van der Waals surface area contributed by atoms with Gasteiger partial charge >= 0.3 is 5.88 Å². The number of amides is 3. The van der Waals surface area contributed by atoms with E-state index in [9.17, 15) is 24.5 Å². The van der Waals surface area contributed by atoms with Crippen molar-refractivity contribution >= 4 is 40.8 Å². The molecular weight excluding hydrogens is 338 g/mol. The molecule has 0 unspecified atom stereocenters. The first kappa shape index (κ1) is 16.2. The fraction of sp³-hybridized carbons (Fsp3) is 0.357. The minimum Gasteiger partial charge on any atom is -0.401 e. The van der Waals surface area contributed by atoms with Crippen LogP contribution < -0.4 is 0 Å². The Morgan fingerprint density at radius 1 is 1.33 bits per heavy atom. The molecule has 2 aliphatic heterocycles. The molecule has 0 saturated carbocycles. The largest absolute Gasteiger partial charge is 0.433 e. The third-order valence-electron chi connectivity index (χ3n) is 3.69. The van der Waals surface area contributed by atoms with Gasteiger partial charge in [-0.15, -0.1) is 0 Å². The van der Waals surface area contributed by atoms with E-state index < -0.39 is 22.0 Å². The van der Waals surface area contributed by atoms with Crippen molar-refractivity contribution in [2.45, 2.75) is 12.8 Å². The van der Waals surface area contributed by atoms with Gasteiger partial charge in [-0.05, 0) is 30.7 Å². The number of carbonyl (C=O) groups excluding carboxylic acids is 3. The Morgan fingerprint density at radius 2 is 2.04 bits per heavy atom. The molecule has 9 nitrogen and oxygen atoms in total. The van der Waals surface area contributed by atoms with Crippen molar-refractivity contribution in [1.29, 1.82) is 0 Å². The lowest BCUT2D eigenvalue weighted by atomic mass is 10.3. The molecule has 0 spiro atoms. The first-order chi connectivity index (χ1) is 11.5. The van der Waals surface area contributed by atoms with Crippen LogP contribution >= 0.6 is 11.8 Å². The van der Waals surface area contributed by atoms with Gasteiger partial charge in [0.25, 0.3) is 11.1 Å². The van der Waals surface area contributed by atoms with Gasteiger partial charge in [0.2, 0.25) is 5.91 Å². The maximum Gasteiger partial charge on any atom is 0.433 e. The Labute approximate surface area is 140 Å². The molecule has 10 heteroatoms. The lowest BCUT2D eigenvalue weighted by Crippen LogP contribution is -2.40. The summed E-state index contributed by atoms with van der Waals surface area (Å²) in [5, 5.41) is 10.0. The number of hydrogen-bond acceptors (Lipinski definition) is 7. The van der Waals surface area contributed by atoms with Crippen molar-refractivity contribution in [2.75, 3.05) is 19.6 Å². The molecule has 0 N–H and O–H groups in total. The third kappa shape index (κ3) is 3.18. The van der Waals surface area contributed by atoms with Crippen LogP contribution in [-0.4, -0.2) is 51.4 Å². The molecule has 126 valence electrons. The Hall–Kier alpha value is -2.62. The zero-order valence-electron chi connectivity index (χ0n) is 12.5. The molecule has 0 aliphatic carbocycles. The zero-order valence-corrected chi connectivity index (χ0v) is 13.3. The molecule has 3 amide bonds. The molecule has 24 heavy (non-hydrogen) atoms. The number of likely N-dealkylation sites (tertiary alicyclic amines) is 1. The maximum atomic E-state index is 12.3. The van der Waals surface area contributed by atoms with E-state index in [0.29, 0.717) is 24.9 Å². The van der Waals surface area contributed by atoms with Gasteiger partial charge in [0.05, 0.1) is 11.0 Å². The second-order valence-corrected chi connectivity index (χ2v) is 6.28. The number of rotatable bonds is 4. The second kappa shape index (κ2) is 6.48. The lowest BCUT2D eigenvalue weighted by molar-refractivity contribution is -0.402. The van der Waals surface area contributed by atoms with Crippen LogP contribution in [0.15, 0.2) is 21.5 Å². The number of nitrogens with zero attached hydrogens (tertiary/aromatic N) is 3. The highest BCUT2D eigenvalue weighted by atomic mass is 32.2. The summed E-state index contributed by atoms with van der Waals surface area (Å²) in [6, 6.07) is 2.49. The average molecular weight is 351 g/mol. The smallest absolute Gasteiger partial charge is 0.401 e. The van der Waals surface area contributed by atoms with Crippen molar-refractivity contribution in [2.24, 2.45) is 0 Å². The number of carbonyl (C=O) groups is 3. The molecule has 0 bridgehead atoms. The van der Waals surface area contributed by atoms with Crippen molar-refractivity contribution in [3.63, 3.8) is 0 Å². The summed E-state index contributed by atoms with van der Waals surface area (Å²) in [6.45, 7) is 0.988. The van der Waals surface area contributed by atoms with E-state index in [1.165, 1.54) is 12.1 Å². The highest BCUT2D eigenvalue weighted by Crippen LogP contribution is 2.33. The predicted octanol–water partition coefficient (Wildman–Crippen LogP) is 1.85. The predicted molar refractivity (Wildman–Crippen MR) is 83.9 cm³/mol. The van der Waals surface area contributed by atoms with Gasteiger partial charge in [-0.3, -0.25) is 29.4 Å². The van der Waals surface area contributed by atoms with Crippen LogP contribution in [-0.2, 0) is 9.59 Å². The average Bonchev–Trinajstić information content (AvgIpc) is 3.25. The van der Waals surface area contributed by atoms with Crippen LogP contribution in [0.25, 0.3) is 6.08 Å². The molecule has 0 atom stereocenters. The Kier molecular flexibility index (Phi) is 4.38. The summed E-state index contributed by atoms with van der Waals surface area (Å²) >= 11 is 0.677. The Bertz CT molecular complexity index is 749. The van der Waals surface area contributed by atoms with Crippen LogP contribution in [0.2, 0.25) is 0 Å². The highest BCUT2D eigenvalue weighted by Gasteiger charge is 2.37. The lowest BCUT2D eigenvalue weighted by Gasteiger charge is -2.18. The first-order valence-electron chi connectivity index (χ1n) is 7.23. The number of hydrogen-bond donors (Lipinski definition) is 0. The summed E-state index contributed by atoms with van der Waals surface area (Å²) in [7, 11) is 0. The summed E-state index contributed by atoms with van der Waals surface area (Å²) in [6.07, 6.45) is 3.11. The molecule has 2 aliphatic rings. The summed E-state index contributed by atoms with van der Waals surface area (Å²) in [4.78, 5) is 48.8. The summed E-state index contributed by atoms with van der Waals surface area (Å²) in [5.41, 5.74) is 0. The highest BCUT2D eigenvalue weighted by molar-refractivity contribution is 8.18. The molecule has 0 aromatic carbocycles. The van der Waals surface area contributed by atoms with Gasteiger partial charge in [-0.25, -0.2) is 0 Å². The van der Waals surface area contributed by atoms with Gasteiger partial charge in [0.1, 0.15) is 17.2 Å². The quantitative estimate of drug-likeness (QED) is 0.462. The molecule has 2 saturated heterocycles. The van der Waals surface area contributed by atoms with Gasteiger partial charge < -0.3 is 9.32 Å². The van der Waals surface area contributed by atoms with Gasteiger partial charge in [0.15, 0.2) is 0 Å². The molecule has 3 rings (SSSR count). The van der Waals surface area contributed by atoms with E-state index in [1.54, 1.807) is 4.90 Å². The topological polar surface area (TPSA) is 114 Å². The van der Waals surface area contributed by atoms with E-state index in [-0.39, 0.29) is 23.1 Å². The van der Waals surface area contributed by atoms with Crippen LogP contribution in [0.5, 0.6) is 0 Å². The van der Waals surface area contributed by atoms with E-state index in [1.807, 2.05) is 0 Å². The minimum atomic E-state index is -0.697. The van der Waals surface area contributed by atoms with Gasteiger partial charge in [-0.2, -0.15) is 0 Å². The van der Waals surface area contributed by atoms with Crippen LogP contribution in [0, 0.1) is 10.1 Å². The normalized spacial score (nSPS) is 19.6. The molecule has 2 fully saturated rings. The standard InChI is InChI=1S/C14H13N3O6S/c18-11(15-5-1-2-6-15)8-16-13(19)10(24-14(16)20)7-9-3-4-12(23-9)17(21)22/h3-4,7H,1-2,5-6,8H2/b10-7-. The van der Waals surface area contributed by atoms with E-state index in [4.69, 9.17) is 4.42 Å². The van der Waals surface area contributed by atoms with Crippen LogP contribution in [0.1, 0.15) is 18.6 Å².